The van der Waals surface area contributed by atoms with Crippen molar-refractivity contribution in [3.05, 3.63) is 48.3 Å². The summed E-state index contributed by atoms with van der Waals surface area (Å²) >= 11 is 1.61. The largest absolute Gasteiger partial charge is 0.351 e. The number of carbonyl (C=O) groups is 1. The number of imidazole rings is 1. The highest BCUT2D eigenvalue weighted by atomic mass is 32.2. The number of benzene rings is 2. The van der Waals surface area contributed by atoms with E-state index in [1.165, 1.54) is 5.52 Å². The standard InChI is InChI=1S/C23H31N5OS/c1-15(2)14-28-20-12-9-17(13-19(20)26-21(28)23(3,4)5)27(6)30-18-10-7-16(8-11-18)25-22(24)29/h7-13,15H,14H2,1-6H3,(H3,24,25,29). The number of carbonyl (C=O) groups excluding carboxylic acids is 1. The Balaban J connectivity index is 1.86. The van der Waals surface area contributed by atoms with E-state index in [2.05, 4.69) is 67.0 Å². The van der Waals surface area contributed by atoms with Crippen LogP contribution in [-0.2, 0) is 12.0 Å². The molecule has 7 heteroatoms. The lowest BCUT2D eigenvalue weighted by molar-refractivity contribution is 0.259. The van der Waals surface area contributed by atoms with Crippen LogP contribution < -0.4 is 15.4 Å². The van der Waals surface area contributed by atoms with E-state index < -0.39 is 6.03 Å². The summed E-state index contributed by atoms with van der Waals surface area (Å²) in [7, 11) is 2.04. The molecule has 0 saturated heterocycles. The lowest BCUT2D eigenvalue weighted by Crippen LogP contribution is -2.20. The number of nitrogens with zero attached hydrogens (tertiary/aromatic N) is 3. The van der Waals surface area contributed by atoms with E-state index in [0.29, 0.717) is 11.6 Å². The van der Waals surface area contributed by atoms with Crippen LogP contribution in [0.1, 0.15) is 40.4 Å². The van der Waals surface area contributed by atoms with Gasteiger partial charge in [0.1, 0.15) is 5.82 Å². The molecule has 0 fully saturated rings. The molecule has 1 aromatic heterocycles. The average molecular weight is 426 g/mol. The summed E-state index contributed by atoms with van der Waals surface area (Å²) in [6, 6.07) is 13.5. The predicted molar refractivity (Wildman–Crippen MR) is 127 cm³/mol. The minimum absolute atomic E-state index is 0.0184. The number of primary amides is 1. The summed E-state index contributed by atoms with van der Waals surface area (Å²) in [5.41, 5.74) is 9.11. The van der Waals surface area contributed by atoms with Crippen molar-refractivity contribution in [1.29, 1.82) is 0 Å². The first kappa shape index (κ1) is 22.0. The molecule has 0 aliphatic rings. The van der Waals surface area contributed by atoms with Crippen LogP contribution in [0.15, 0.2) is 47.4 Å². The highest BCUT2D eigenvalue weighted by Gasteiger charge is 2.23. The van der Waals surface area contributed by atoms with Gasteiger partial charge < -0.3 is 19.9 Å². The van der Waals surface area contributed by atoms with Crippen molar-refractivity contribution in [1.82, 2.24) is 9.55 Å². The Bertz CT molecular complexity index is 1030. The first-order valence-corrected chi connectivity index (χ1v) is 10.9. The van der Waals surface area contributed by atoms with Gasteiger partial charge in [-0.2, -0.15) is 0 Å². The normalized spacial score (nSPS) is 11.8. The molecule has 0 aliphatic heterocycles. The molecule has 0 atom stereocenters. The van der Waals surface area contributed by atoms with E-state index in [1.54, 1.807) is 11.9 Å². The summed E-state index contributed by atoms with van der Waals surface area (Å²) in [4.78, 5) is 17.0. The molecule has 0 aliphatic carbocycles. The molecule has 6 nitrogen and oxygen atoms in total. The number of hydrogen-bond donors (Lipinski definition) is 2. The van der Waals surface area contributed by atoms with Crippen molar-refractivity contribution in [2.24, 2.45) is 11.7 Å². The highest BCUT2D eigenvalue weighted by molar-refractivity contribution is 8.00. The second-order valence-corrected chi connectivity index (χ2v) is 10.2. The molecule has 1 heterocycles. The monoisotopic (exact) mass is 425 g/mol. The molecule has 0 unspecified atom stereocenters. The van der Waals surface area contributed by atoms with Crippen LogP contribution in [0.5, 0.6) is 0 Å². The molecule has 0 spiro atoms. The fourth-order valence-electron chi connectivity index (χ4n) is 3.39. The van der Waals surface area contributed by atoms with Gasteiger partial charge >= 0.3 is 6.03 Å². The molecule has 3 aromatic rings. The molecule has 3 rings (SSSR count). The predicted octanol–water partition coefficient (Wildman–Crippen LogP) is 5.62. The molecular weight excluding hydrogens is 394 g/mol. The third-order valence-electron chi connectivity index (χ3n) is 4.68. The third-order valence-corrected chi connectivity index (χ3v) is 5.65. The summed E-state index contributed by atoms with van der Waals surface area (Å²) < 4.78 is 4.48. The minimum Gasteiger partial charge on any atom is -0.351 e. The molecule has 0 bridgehead atoms. The number of rotatable bonds is 6. The van der Waals surface area contributed by atoms with Crippen molar-refractivity contribution in [3.8, 4) is 0 Å². The van der Waals surface area contributed by atoms with Gasteiger partial charge in [0.2, 0.25) is 0 Å². The summed E-state index contributed by atoms with van der Waals surface area (Å²) in [6.07, 6.45) is 0. The Morgan fingerprint density at radius 2 is 1.87 bits per heavy atom. The number of nitrogens with one attached hydrogen (secondary N) is 1. The summed E-state index contributed by atoms with van der Waals surface area (Å²) in [5.74, 6) is 1.67. The topological polar surface area (TPSA) is 76.2 Å². The first-order valence-electron chi connectivity index (χ1n) is 10.1. The van der Waals surface area contributed by atoms with Gasteiger partial charge in [0.05, 0.1) is 11.0 Å². The van der Waals surface area contributed by atoms with Gasteiger partial charge in [0.25, 0.3) is 0 Å². The van der Waals surface area contributed by atoms with Crippen LogP contribution in [0.3, 0.4) is 0 Å². The fraction of sp³-hybridized carbons (Fsp3) is 0.391. The average Bonchev–Trinajstić information content (AvgIpc) is 3.00. The molecule has 2 aromatic carbocycles. The number of fused-ring (bicyclic) bond motifs is 1. The van der Waals surface area contributed by atoms with Crippen LogP contribution in [0.2, 0.25) is 0 Å². The Kier molecular flexibility index (Phi) is 6.31. The van der Waals surface area contributed by atoms with Gasteiger partial charge in [-0.3, -0.25) is 0 Å². The molecule has 0 radical (unpaired) electrons. The van der Waals surface area contributed by atoms with Crippen molar-refractivity contribution in [3.63, 3.8) is 0 Å². The number of aromatic nitrogens is 2. The van der Waals surface area contributed by atoms with Gasteiger partial charge in [-0.25, -0.2) is 9.78 Å². The zero-order valence-corrected chi connectivity index (χ0v) is 19.4. The third kappa shape index (κ3) is 5.08. The van der Waals surface area contributed by atoms with Gasteiger partial charge in [-0.15, -0.1) is 0 Å². The van der Waals surface area contributed by atoms with Gasteiger partial charge in [-0.05, 0) is 60.3 Å². The maximum atomic E-state index is 11.0. The number of urea groups is 1. The molecular formula is C23H31N5OS. The van der Waals surface area contributed by atoms with E-state index in [1.807, 2.05) is 31.3 Å². The SMILES string of the molecule is CC(C)Cn1c(C(C)(C)C)nc2cc(N(C)Sc3ccc(NC(N)=O)cc3)ccc21. The lowest BCUT2D eigenvalue weighted by atomic mass is 9.95. The van der Waals surface area contributed by atoms with Crippen LogP contribution >= 0.6 is 11.9 Å². The van der Waals surface area contributed by atoms with Gasteiger partial charge in [0.15, 0.2) is 0 Å². The molecule has 3 N–H and O–H groups in total. The first-order chi connectivity index (χ1) is 14.0. The van der Waals surface area contributed by atoms with E-state index in [-0.39, 0.29) is 5.41 Å². The van der Waals surface area contributed by atoms with Crippen LogP contribution in [-0.4, -0.2) is 22.6 Å². The maximum absolute atomic E-state index is 11.0. The maximum Gasteiger partial charge on any atom is 0.316 e. The Labute approximate surface area is 183 Å². The van der Waals surface area contributed by atoms with Gasteiger partial charge in [-0.1, -0.05) is 34.6 Å². The summed E-state index contributed by atoms with van der Waals surface area (Å²) in [5, 5.41) is 2.58. The molecule has 160 valence electrons. The number of hydrogen-bond acceptors (Lipinski definition) is 4. The van der Waals surface area contributed by atoms with Crippen LogP contribution in [0, 0.1) is 5.92 Å². The van der Waals surface area contributed by atoms with Crippen molar-refractivity contribution in [2.45, 2.75) is 51.5 Å². The second kappa shape index (κ2) is 8.60. The van der Waals surface area contributed by atoms with Crippen LogP contribution in [0.4, 0.5) is 16.2 Å². The van der Waals surface area contributed by atoms with Gasteiger partial charge in [0, 0.05) is 35.3 Å². The quantitative estimate of drug-likeness (QED) is 0.502. The van der Waals surface area contributed by atoms with E-state index in [0.717, 1.165) is 28.5 Å². The van der Waals surface area contributed by atoms with Crippen molar-refractivity contribution < 1.29 is 4.79 Å². The zero-order chi connectivity index (χ0) is 22.1. The number of amides is 2. The van der Waals surface area contributed by atoms with E-state index >= 15 is 0 Å². The lowest BCUT2D eigenvalue weighted by Gasteiger charge is -2.21. The smallest absolute Gasteiger partial charge is 0.316 e. The number of nitrogens with two attached hydrogens (primary N) is 1. The summed E-state index contributed by atoms with van der Waals surface area (Å²) in [6.45, 7) is 12.1. The highest BCUT2D eigenvalue weighted by Crippen LogP contribution is 2.33. The van der Waals surface area contributed by atoms with Crippen molar-refractivity contribution >= 4 is 40.4 Å². The molecule has 2 amide bonds. The van der Waals surface area contributed by atoms with Crippen molar-refractivity contribution in [2.75, 3.05) is 16.7 Å². The molecule has 0 saturated carbocycles. The second-order valence-electron chi connectivity index (χ2n) is 8.97. The Hall–Kier alpha value is -2.67. The van der Waals surface area contributed by atoms with Crippen LogP contribution in [0.25, 0.3) is 11.0 Å². The minimum atomic E-state index is -0.563. The number of anilines is 2. The fourth-order valence-corrected chi connectivity index (χ4v) is 4.18. The van der Waals surface area contributed by atoms with E-state index in [9.17, 15) is 4.79 Å². The molecule has 30 heavy (non-hydrogen) atoms. The Morgan fingerprint density at radius 3 is 2.43 bits per heavy atom. The Morgan fingerprint density at radius 1 is 1.20 bits per heavy atom. The zero-order valence-electron chi connectivity index (χ0n) is 18.6. The van der Waals surface area contributed by atoms with E-state index in [4.69, 9.17) is 10.7 Å².